The molecule has 7 heteroatoms. The first kappa shape index (κ1) is 17.9. The number of para-hydroxylation sites is 1. The Kier molecular flexibility index (Phi) is 4.92. The summed E-state index contributed by atoms with van der Waals surface area (Å²) in [6, 6.07) is 12.2. The molecule has 0 aliphatic heterocycles. The predicted molar refractivity (Wildman–Crippen MR) is 100 cm³/mol. The van der Waals surface area contributed by atoms with Crippen LogP contribution in [0.3, 0.4) is 0 Å². The molecule has 0 spiro atoms. The fraction of sp³-hybridized carbons (Fsp3) is 0.105. The summed E-state index contributed by atoms with van der Waals surface area (Å²) in [5, 5.41) is 10.4. The standard InChI is InChI=1S/C19H18N2O4S/c1-2-13-7-9-15(10-8-13)26(24,25)21-18(19(22)23)11-14-12-20-17-6-4-3-5-16(14)17/h2-10,12,18,20-21H,1,11H2,(H,22,23)/t18-/m0/s1. The lowest BCUT2D eigenvalue weighted by atomic mass is 10.1. The fourth-order valence-electron chi connectivity index (χ4n) is 2.74. The van der Waals surface area contributed by atoms with Crippen molar-refractivity contribution in [1.29, 1.82) is 0 Å². The molecule has 0 bridgehead atoms. The molecule has 3 rings (SSSR count). The van der Waals surface area contributed by atoms with E-state index in [2.05, 4.69) is 16.3 Å². The molecule has 0 radical (unpaired) electrons. The lowest BCUT2D eigenvalue weighted by Crippen LogP contribution is -2.42. The Balaban J connectivity index is 1.85. The molecule has 2 aromatic carbocycles. The molecule has 6 nitrogen and oxygen atoms in total. The van der Waals surface area contributed by atoms with Crippen LogP contribution < -0.4 is 4.72 Å². The molecule has 0 fully saturated rings. The van der Waals surface area contributed by atoms with Crippen molar-refractivity contribution in [2.24, 2.45) is 0 Å². The molecule has 0 aliphatic rings. The molecule has 0 unspecified atom stereocenters. The largest absolute Gasteiger partial charge is 0.480 e. The van der Waals surface area contributed by atoms with Crippen LogP contribution in [0.5, 0.6) is 0 Å². The Morgan fingerprint density at radius 1 is 1.19 bits per heavy atom. The fourth-order valence-corrected chi connectivity index (χ4v) is 3.93. The van der Waals surface area contributed by atoms with Crippen molar-refractivity contribution < 1.29 is 18.3 Å². The maximum absolute atomic E-state index is 12.5. The second-order valence-corrected chi connectivity index (χ2v) is 7.56. The number of carbonyl (C=O) groups is 1. The topological polar surface area (TPSA) is 99.3 Å². The summed E-state index contributed by atoms with van der Waals surface area (Å²) in [7, 11) is -3.96. The molecule has 134 valence electrons. The summed E-state index contributed by atoms with van der Waals surface area (Å²) in [4.78, 5) is 14.7. The smallest absolute Gasteiger partial charge is 0.322 e. The lowest BCUT2D eigenvalue weighted by Gasteiger charge is -2.15. The second kappa shape index (κ2) is 7.15. The van der Waals surface area contributed by atoms with Crippen LogP contribution in [-0.2, 0) is 21.2 Å². The molecule has 3 aromatic rings. The van der Waals surface area contributed by atoms with Crippen LogP contribution in [0.15, 0.2) is 66.2 Å². The molecule has 1 aromatic heterocycles. The van der Waals surface area contributed by atoms with E-state index in [0.717, 1.165) is 22.0 Å². The van der Waals surface area contributed by atoms with E-state index >= 15 is 0 Å². The van der Waals surface area contributed by atoms with Crippen molar-refractivity contribution in [2.75, 3.05) is 0 Å². The minimum absolute atomic E-state index is 0.00766. The van der Waals surface area contributed by atoms with E-state index in [9.17, 15) is 18.3 Å². The van der Waals surface area contributed by atoms with Crippen LogP contribution >= 0.6 is 0 Å². The monoisotopic (exact) mass is 370 g/mol. The number of sulfonamides is 1. The van der Waals surface area contributed by atoms with Gasteiger partial charge in [0.05, 0.1) is 4.90 Å². The summed E-state index contributed by atoms with van der Waals surface area (Å²) in [6.07, 6.45) is 3.33. The van der Waals surface area contributed by atoms with E-state index in [0.29, 0.717) is 0 Å². The van der Waals surface area contributed by atoms with Crippen LogP contribution in [0.1, 0.15) is 11.1 Å². The van der Waals surface area contributed by atoms with Crippen molar-refractivity contribution in [3.05, 3.63) is 72.4 Å². The minimum Gasteiger partial charge on any atom is -0.480 e. The number of rotatable bonds is 7. The zero-order valence-electron chi connectivity index (χ0n) is 13.8. The van der Waals surface area contributed by atoms with Crippen molar-refractivity contribution in [1.82, 2.24) is 9.71 Å². The number of hydrogen-bond acceptors (Lipinski definition) is 3. The highest BCUT2D eigenvalue weighted by Gasteiger charge is 2.26. The number of fused-ring (bicyclic) bond motifs is 1. The van der Waals surface area contributed by atoms with Crippen molar-refractivity contribution in [3.63, 3.8) is 0 Å². The van der Waals surface area contributed by atoms with Gasteiger partial charge in [-0.2, -0.15) is 4.72 Å². The van der Waals surface area contributed by atoms with Crippen molar-refractivity contribution in [2.45, 2.75) is 17.4 Å². The van der Waals surface area contributed by atoms with E-state index in [1.54, 1.807) is 24.4 Å². The van der Waals surface area contributed by atoms with Crippen LogP contribution in [0, 0.1) is 0 Å². The first-order valence-corrected chi connectivity index (χ1v) is 9.41. The molecule has 0 aliphatic carbocycles. The van der Waals surface area contributed by atoms with E-state index < -0.39 is 22.0 Å². The average Bonchev–Trinajstić information content (AvgIpc) is 3.04. The quantitative estimate of drug-likeness (QED) is 0.595. The van der Waals surface area contributed by atoms with Crippen LogP contribution in [-0.4, -0.2) is 30.5 Å². The molecule has 1 atom stereocenters. The van der Waals surface area contributed by atoms with Gasteiger partial charge in [0.25, 0.3) is 0 Å². The molecule has 3 N–H and O–H groups in total. The van der Waals surface area contributed by atoms with Gasteiger partial charge < -0.3 is 10.1 Å². The Labute approximate surface area is 151 Å². The van der Waals surface area contributed by atoms with Gasteiger partial charge in [-0.05, 0) is 29.3 Å². The third-order valence-corrected chi connectivity index (χ3v) is 5.61. The number of benzene rings is 2. The van der Waals surface area contributed by atoms with Gasteiger partial charge in [0, 0.05) is 23.5 Å². The molecule has 26 heavy (non-hydrogen) atoms. The Morgan fingerprint density at radius 3 is 2.54 bits per heavy atom. The zero-order chi connectivity index (χ0) is 18.7. The van der Waals surface area contributed by atoms with Gasteiger partial charge in [-0.1, -0.05) is 43.0 Å². The van der Waals surface area contributed by atoms with E-state index in [1.165, 1.54) is 12.1 Å². The zero-order valence-corrected chi connectivity index (χ0v) is 14.7. The summed E-state index contributed by atoms with van der Waals surface area (Å²) in [5.74, 6) is -1.23. The number of aromatic amines is 1. The van der Waals surface area contributed by atoms with E-state index in [-0.39, 0.29) is 11.3 Å². The SMILES string of the molecule is C=Cc1ccc(S(=O)(=O)N[C@@H](Cc2c[nH]c3ccccc23)C(=O)O)cc1. The van der Waals surface area contributed by atoms with Gasteiger partial charge in [0.1, 0.15) is 6.04 Å². The first-order chi connectivity index (χ1) is 12.4. The van der Waals surface area contributed by atoms with Gasteiger partial charge >= 0.3 is 5.97 Å². The average molecular weight is 370 g/mol. The van der Waals surface area contributed by atoms with Crippen LogP contribution in [0.25, 0.3) is 17.0 Å². The number of hydrogen-bond donors (Lipinski definition) is 3. The molecule has 1 heterocycles. The molecule has 0 amide bonds. The third-order valence-electron chi connectivity index (χ3n) is 4.12. The van der Waals surface area contributed by atoms with E-state index in [4.69, 9.17) is 0 Å². The third kappa shape index (κ3) is 3.68. The Bertz CT molecular complexity index is 1050. The minimum atomic E-state index is -3.96. The van der Waals surface area contributed by atoms with Crippen molar-refractivity contribution in [3.8, 4) is 0 Å². The molecule has 0 saturated heterocycles. The Hall–Kier alpha value is -2.90. The highest BCUT2D eigenvalue weighted by atomic mass is 32.2. The highest BCUT2D eigenvalue weighted by molar-refractivity contribution is 7.89. The number of aliphatic carboxylic acids is 1. The maximum atomic E-state index is 12.5. The summed E-state index contributed by atoms with van der Waals surface area (Å²) >= 11 is 0. The first-order valence-electron chi connectivity index (χ1n) is 7.93. The van der Waals surface area contributed by atoms with Crippen molar-refractivity contribution >= 4 is 33.0 Å². The van der Waals surface area contributed by atoms with Gasteiger partial charge in [-0.3, -0.25) is 4.79 Å². The maximum Gasteiger partial charge on any atom is 0.322 e. The van der Waals surface area contributed by atoms with Gasteiger partial charge in [0.2, 0.25) is 10.0 Å². The second-order valence-electron chi connectivity index (χ2n) is 5.85. The van der Waals surface area contributed by atoms with Gasteiger partial charge in [0.15, 0.2) is 0 Å². The van der Waals surface area contributed by atoms with Crippen LogP contribution in [0.4, 0.5) is 0 Å². The molecular formula is C19H18N2O4S. The number of H-pyrrole nitrogens is 1. The lowest BCUT2D eigenvalue weighted by molar-refractivity contribution is -0.138. The normalized spacial score (nSPS) is 12.8. The summed E-state index contributed by atoms with van der Waals surface area (Å²) < 4.78 is 27.3. The Morgan fingerprint density at radius 2 is 1.88 bits per heavy atom. The van der Waals surface area contributed by atoms with Gasteiger partial charge in [-0.15, -0.1) is 0 Å². The summed E-state index contributed by atoms with van der Waals surface area (Å²) in [5.41, 5.74) is 2.38. The highest BCUT2D eigenvalue weighted by Crippen LogP contribution is 2.20. The summed E-state index contributed by atoms with van der Waals surface area (Å²) in [6.45, 7) is 3.62. The number of carboxylic acids is 1. The number of nitrogens with one attached hydrogen (secondary N) is 2. The number of carboxylic acid groups (broad SMARTS) is 1. The van der Waals surface area contributed by atoms with Gasteiger partial charge in [-0.25, -0.2) is 8.42 Å². The van der Waals surface area contributed by atoms with Crippen LogP contribution in [0.2, 0.25) is 0 Å². The van der Waals surface area contributed by atoms with E-state index in [1.807, 2.05) is 24.3 Å². The number of aromatic nitrogens is 1. The molecular weight excluding hydrogens is 352 g/mol. The molecule has 0 saturated carbocycles. The predicted octanol–water partition coefficient (Wildman–Crippen LogP) is 2.79.